The highest BCUT2D eigenvalue weighted by atomic mass is 19.1. The molecule has 2 heterocycles. The summed E-state index contributed by atoms with van der Waals surface area (Å²) >= 11 is 0. The number of halogens is 1. The topological polar surface area (TPSA) is 34.4 Å². The Bertz CT molecular complexity index is 436. The number of pyridine rings is 1. The van der Waals surface area contributed by atoms with E-state index >= 15 is 0 Å². The van der Waals surface area contributed by atoms with Crippen molar-refractivity contribution in [2.45, 2.75) is 0 Å². The van der Waals surface area contributed by atoms with Crippen molar-refractivity contribution in [1.82, 2.24) is 9.38 Å². The van der Waals surface area contributed by atoms with Gasteiger partial charge in [-0.1, -0.05) is 0 Å². The number of hydrogen-bond acceptors (Lipinski definition) is 2. The molecule has 0 aromatic carbocycles. The molecule has 0 spiro atoms. The normalized spacial score (nSPS) is 10.4. The Morgan fingerprint density at radius 3 is 3.17 bits per heavy atom. The van der Waals surface area contributed by atoms with Gasteiger partial charge in [-0.2, -0.15) is 0 Å². The maximum Gasteiger partial charge on any atom is 0.170 e. The summed E-state index contributed by atoms with van der Waals surface area (Å²) in [5.41, 5.74) is 0.748. The van der Waals surface area contributed by atoms with Crippen molar-refractivity contribution in [2.75, 3.05) is 0 Å². The number of hydrogen-bond donors (Lipinski definition) is 0. The summed E-state index contributed by atoms with van der Waals surface area (Å²) in [6, 6.07) is 2.58. The van der Waals surface area contributed by atoms with Crippen molar-refractivity contribution in [3.05, 3.63) is 36.0 Å². The van der Waals surface area contributed by atoms with Crippen LogP contribution in [0.1, 0.15) is 10.5 Å². The van der Waals surface area contributed by atoms with E-state index in [-0.39, 0.29) is 5.82 Å². The number of aromatic nitrogens is 2. The molecule has 0 bridgehead atoms. The third-order valence-electron chi connectivity index (χ3n) is 1.56. The summed E-state index contributed by atoms with van der Waals surface area (Å²) in [5, 5.41) is 0. The van der Waals surface area contributed by atoms with E-state index in [0.29, 0.717) is 17.6 Å². The number of fused-ring (bicyclic) bond motifs is 1. The molecule has 60 valence electrons. The Balaban J connectivity index is 2.75. The molecule has 0 aliphatic rings. The predicted molar refractivity (Wildman–Crippen MR) is 40.5 cm³/mol. The number of rotatable bonds is 1. The summed E-state index contributed by atoms with van der Waals surface area (Å²) < 4.78 is 14.2. The molecule has 0 unspecified atom stereocenters. The van der Waals surface area contributed by atoms with Gasteiger partial charge in [-0.3, -0.25) is 4.79 Å². The smallest absolute Gasteiger partial charge is 0.170 e. The lowest BCUT2D eigenvalue weighted by Crippen LogP contribution is -1.82. The lowest BCUT2D eigenvalue weighted by Gasteiger charge is -1.89. The second kappa shape index (κ2) is 2.41. The molecule has 2 aromatic rings. The molecule has 0 N–H and O–H groups in total. The van der Waals surface area contributed by atoms with Crippen molar-refractivity contribution in [3.63, 3.8) is 0 Å². The maximum absolute atomic E-state index is 12.6. The Morgan fingerprint density at radius 2 is 2.42 bits per heavy atom. The zero-order valence-corrected chi connectivity index (χ0v) is 6.07. The fourth-order valence-corrected chi connectivity index (χ4v) is 1.03. The lowest BCUT2D eigenvalue weighted by molar-refractivity contribution is 0.111. The van der Waals surface area contributed by atoms with Crippen LogP contribution in [0, 0.1) is 5.82 Å². The molecular formula is C8H5FN2O. The predicted octanol–water partition coefficient (Wildman–Crippen LogP) is 1.29. The van der Waals surface area contributed by atoms with Crippen molar-refractivity contribution in [3.8, 4) is 0 Å². The van der Waals surface area contributed by atoms with Crippen molar-refractivity contribution in [1.29, 1.82) is 0 Å². The molecule has 0 fully saturated rings. The van der Waals surface area contributed by atoms with Gasteiger partial charge in [-0.25, -0.2) is 9.37 Å². The van der Waals surface area contributed by atoms with Crippen LogP contribution in [-0.4, -0.2) is 15.7 Å². The van der Waals surface area contributed by atoms with Crippen LogP contribution in [0.3, 0.4) is 0 Å². The van der Waals surface area contributed by atoms with E-state index in [4.69, 9.17) is 0 Å². The van der Waals surface area contributed by atoms with Crippen LogP contribution in [0.4, 0.5) is 4.39 Å². The van der Waals surface area contributed by atoms with E-state index in [0.717, 1.165) is 0 Å². The number of aldehydes is 1. The number of imidazole rings is 1. The average Bonchev–Trinajstić information content (AvgIpc) is 2.46. The van der Waals surface area contributed by atoms with E-state index < -0.39 is 0 Å². The van der Waals surface area contributed by atoms with E-state index in [1.54, 1.807) is 10.6 Å². The number of carbonyl (C=O) groups is 1. The Morgan fingerprint density at radius 1 is 1.58 bits per heavy atom. The van der Waals surface area contributed by atoms with Crippen LogP contribution in [0.15, 0.2) is 24.5 Å². The van der Waals surface area contributed by atoms with Gasteiger partial charge in [0.05, 0.1) is 0 Å². The molecule has 2 rings (SSSR count). The minimum Gasteiger partial charge on any atom is -0.306 e. The zero-order chi connectivity index (χ0) is 8.55. The van der Waals surface area contributed by atoms with Gasteiger partial charge in [0.25, 0.3) is 0 Å². The highest BCUT2D eigenvalue weighted by Gasteiger charge is 1.99. The molecule has 12 heavy (non-hydrogen) atoms. The first-order valence-electron chi connectivity index (χ1n) is 3.39. The van der Waals surface area contributed by atoms with Gasteiger partial charge in [0.15, 0.2) is 6.29 Å². The molecule has 0 amide bonds. The van der Waals surface area contributed by atoms with Crippen LogP contribution in [0.2, 0.25) is 0 Å². The Hall–Kier alpha value is -1.71. The van der Waals surface area contributed by atoms with Gasteiger partial charge in [0.1, 0.15) is 17.2 Å². The van der Waals surface area contributed by atoms with Gasteiger partial charge >= 0.3 is 0 Å². The summed E-state index contributed by atoms with van der Waals surface area (Å²) in [6.07, 6.45) is 3.69. The van der Waals surface area contributed by atoms with E-state index in [9.17, 15) is 9.18 Å². The lowest BCUT2D eigenvalue weighted by atomic mass is 10.4. The number of nitrogens with zero attached hydrogens (tertiary/aromatic N) is 2. The van der Waals surface area contributed by atoms with Crippen molar-refractivity contribution >= 4 is 11.9 Å². The molecule has 3 nitrogen and oxygen atoms in total. The summed E-state index contributed by atoms with van der Waals surface area (Å²) in [5.74, 6) is -0.356. The molecule has 0 saturated carbocycles. The van der Waals surface area contributed by atoms with Crippen molar-refractivity contribution < 1.29 is 9.18 Å². The molecule has 0 saturated heterocycles. The molecule has 2 aromatic heterocycles. The molecule has 0 aliphatic heterocycles. The quantitative estimate of drug-likeness (QED) is 0.595. The third-order valence-corrected chi connectivity index (χ3v) is 1.56. The Kier molecular flexibility index (Phi) is 1.40. The van der Waals surface area contributed by atoms with Gasteiger partial charge in [-0.15, -0.1) is 0 Å². The van der Waals surface area contributed by atoms with Gasteiger partial charge in [0, 0.05) is 18.5 Å². The second-order valence-electron chi connectivity index (χ2n) is 2.39. The second-order valence-corrected chi connectivity index (χ2v) is 2.39. The zero-order valence-electron chi connectivity index (χ0n) is 6.07. The van der Waals surface area contributed by atoms with Gasteiger partial charge in [0.2, 0.25) is 0 Å². The fourth-order valence-electron chi connectivity index (χ4n) is 1.03. The number of carbonyl (C=O) groups excluding carboxylic acids is 1. The average molecular weight is 164 g/mol. The van der Waals surface area contributed by atoms with Crippen LogP contribution < -0.4 is 0 Å². The van der Waals surface area contributed by atoms with Gasteiger partial charge in [-0.05, 0) is 6.07 Å². The minimum atomic E-state index is -0.356. The van der Waals surface area contributed by atoms with E-state index in [1.807, 2.05) is 0 Å². The minimum absolute atomic E-state index is 0.306. The summed E-state index contributed by atoms with van der Waals surface area (Å²) in [6.45, 7) is 0. The summed E-state index contributed by atoms with van der Waals surface area (Å²) in [4.78, 5) is 14.1. The Labute approximate surface area is 67.5 Å². The highest BCUT2D eigenvalue weighted by molar-refractivity contribution is 5.73. The van der Waals surface area contributed by atoms with Crippen LogP contribution in [-0.2, 0) is 0 Å². The van der Waals surface area contributed by atoms with Gasteiger partial charge < -0.3 is 4.40 Å². The first-order chi connectivity index (χ1) is 5.79. The monoisotopic (exact) mass is 164 g/mol. The van der Waals surface area contributed by atoms with Crippen LogP contribution >= 0.6 is 0 Å². The van der Waals surface area contributed by atoms with Crippen molar-refractivity contribution in [2.24, 2.45) is 0 Å². The van der Waals surface area contributed by atoms with Crippen LogP contribution in [0.5, 0.6) is 0 Å². The SMILES string of the molecule is O=Cc1cn2ccc(F)cc2n1. The largest absolute Gasteiger partial charge is 0.306 e. The molecule has 0 atom stereocenters. The first kappa shape index (κ1) is 6.97. The fraction of sp³-hybridized carbons (Fsp3) is 0. The third kappa shape index (κ3) is 0.972. The van der Waals surface area contributed by atoms with Crippen LogP contribution in [0.25, 0.3) is 5.65 Å². The molecular weight excluding hydrogens is 159 g/mol. The molecule has 0 aliphatic carbocycles. The van der Waals surface area contributed by atoms with E-state index in [2.05, 4.69) is 4.98 Å². The standard InChI is InChI=1S/C8H5FN2O/c9-6-1-2-11-4-7(5-12)10-8(11)3-6/h1-5H. The summed E-state index contributed by atoms with van der Waals surface area (Å²) in [7, 11) is 0. The van der Waals surface area contributed by atoms with E-state index in [1.165, 1.54) is 18.3 Å². The molecule has 4 heteroatoms. The maximum atomic E-state index is 12.6. The molecule has 0 radical (unpaired) electrons. The first-order valence-corrected chi connectivity index (χ1v) is 3.39. The highest BCUT2D eigenvalue weighted by Crippen LogP contribution is 2.05.